The Balaban J connectivity index is 1.48. The Labute approximate surface area is 145 Å². The van der Waals surface area contributed by atoms with Gasteiger partial charge in [-0.05, 0) is 49.1 Å². The summed E-state index contributed by atoms with van der Waals surface area (Å²) in [5.74, 6) is -0.214. The average molecular weight is 344 g/mol. The quantitative estimate of drug-likeness (QED) is 0.798. The van der Waals surface area contributed by atoms with Gasteiger partial charge in [0.1, 0.15) is 11.5 Å². The molecule has 0 bridgehead atoms. The number of likely N-dealkylation sites (tertiary alicyclic amines) is 1. The van der Waals surface area contributed by atoms with Gasteiger partial charge in [-0.25, -0.2) is 9.18 Å². The molecule has 0 aliphatic carbocycles. The first kappa shape index (κ1) is 17.0. The number of H-pyrrole nitrogens is 1. The summed E-state index contributed by atoms with van der Waals surface area (Å²) >= 11 is 0. The number of piperidine rings is 1. The molecule has 1 aromatic carbocycles. The number of amides is 3. The van der Waals surface area contributed by atoms with E-state index in [1.165, 1.54) is 18.2 Å². The van der Waals surface area contributed by atoms with Crippen molar-refractivity contribution in [3.8, 4) is 0 Å². The van der Waals surface area contributed by atoms with E-state index >= 15 is 0 Å². The smallest absolute Gasteiger partial charge is 0.319 e. The molecule has 132 valence electrons. The number of hydrogen-bond donors (Lipinski definition) is 3. The maximum Gasteiger partial charge on any atom is 0.319 e. The van der Waals surface area contributed by atoms with Crippen LogP contribution in [-0.4, -0.2) is 41.5 Å². The Bertz CT molecular complexity index is 732. The molecule has 1 aliphatic rings. The molecule has 2 heterocycles. The van der Waals surface area contributed by atoms with E-state index in [-0.39, 0.29) is 17.9 Å². The maximum absolute atomic E-state index is 13.1. The van der Waals surface area contributed by atoms with Crippen molar-refractivity contribution >= 4 is 17.6 Å². The summed E-state index contributed by atoms with van der Waals surface area (Å²) in [6.07, 6.45) is 3.59. The molecule has 7 heteroatoms. The van der Waals surface area contributed by atoms with Crippen molar-refractivity contribution in [2.24, 2.45) is 5.92 Å². The van der Waals surface area contributed by atoms with Gasteiger partial charge in [-0.1, -0.05) is 6.07 Å². The summed E-state index contributed by atoms with van der Waals surface area (Å²) in [4.78, 5) is 29.1. The molecule has 0 saturated carbocycles. The van der Waals surface area contributed by atoms with Gasteiger partial charge in [0.15, 0.2) is 0 Å². The van der Waals surface area contributed by atoms with E-state index in [4.69, 9.17) is 0 Å². The van der Waals surface area contributed by atoms with E-state index in [0.717, 1.165) is 19.4 Å². The molecule has 3 N–H and O–H groups in total. The van der Waals surface area contributed by atoms with Gasteiger partial charge >= 0.3 is 6.03 Å². The molecule has 0 radical (unpaired) electrons. The van der Waals surface area contributed by atoms with Gasteiger partial charge < -0.3 is 20.5 Å². The normalized spacial score (nSPS) is 17.2. The predicted octanol–water partition coefficient (Wildman–Crippen LogP) is 2.83. The molecule has 1 fully saturated rings. The lowest BCUT2D eigenvalue weighted by Gasteiger charge is -2.32. The van der Waals surface area contributed by atoms with Crippen LogP contribution in [0.4, 0.5) is 14.9 Å². The topological polar surface area (TPSA) is 77.2 Å². The average Bonchev–Trinajstić information content (AvgIpc) is 3.14. The summed E-state index contributed by atoms with van der Waals surface area (Å²) < 4.78 is 13.1. The fourth-order valence-electron chi connectivity index (χ4n) is 3.03. The Morgan fingerprint density at radius 2 is 2.16 bits per heavy atom. The number of benzene rings is 1. The number of hydrogen-bond acceptors (Lipinski definition) is 2. The summed E-state index contributed by atoms with van der Waals surface area (Å²) in [6.45, 7) is 1.80. The number of carbonyl (C=O) groups is 2. The van der Waals surface area contributed by atoms with Gasteiger partial charge in [-0.3, -0.25) is 4.79 Å². The van der Waals surface area contributed by atoms with Gasteiger partial charge in [0.25, 0.3) is 5.91 Å². The van der Waals surface area contributed by atoms with Crippen LogP contribution in [0, 0.1) is 11.7 Å². The number of nitrogens with one attached hydrogen (secondary N) is 3. The van der Waals surface area contributed by atoms with Crippen LogP contribution in [0.25, 0.3) is 0 Å². The molecule has 0 unspecified atom stereocenters. The molecule has 1 aromatic heterocycles. The van der Waals surface area contributed by atoms with E-state index in [9.17, 15) is 14.0 Å². The summed E-state index contributed by atoms with van der Waals surface area (Å²) in [5, 5.41) is 5.40. The SMILES string of the molecule is O=C(NC[C@H]1CCCN(C(=O)c2ccc[nH]2)C1)Nc1cccc(F)c1. The number of aromatic nitrogens is 1. The van der Waals surface area contributed by atoms with Crippen LogP contribution in [-0.2, 0) is 0 Å². The van der Waals surface area contributed by atoms with Crippen molar-refractivity contribution in [3.63, 3.8) is 0 Å². The van der Waals surface area contributed by atoms with Crippen LogP contribution in [0.1, 0.15) is 23.3 Å². The fraction of sp³-hybridized carbons (Fsp3) is 0.333. The van der Waals surface area contributed by atoms with Gasteiger partial charge in [0, 0.05) is 31.5 Å². The fourth-order valence-corrected chi connectivity index (χ4v) is 3.03. The van der Waals surface area contributed by atoms with Crippen LogP contribution in [0.15, 0.2) is 42.6 Å². The van der Waals surface area contributed by atoms with Crippen LogP contribution < -0.4 is 10.6 Å². The molecular formula is C18H21FN4O2. The lowest BCUT2D eigenvalue weighted by atomic mass is 9.98. The number of aromatic amines is 1. The standard InChI is InChI=1S/C18H21FN4O2/c19-14-5-1-6-15(10-14)22-18(25)21-11-13-4-3-9-23(12-13)17(24)16-7-2-8-20-16/h1-2,5-8,10,13,20H,3-4,9,11-12H2,(H2,21,22,25)/t13-/m1/s1. The largest absolute Gasteiger partial charge is 0.357 e. The van der Waals surface area contributed by atoms with Crippen molar-refractivity contribution in [1.82, 2.24) is 15.2 Å². The summed E-state index contributed by atoms with van der Waals surface area (Å²) in [6, 6.07) is 8.93. The van der Waals surface area contributed by atoms with Crippen molar-refractivity contribution < 1.29 is 14.0 Å². The zero-order valence-corrected chi connectivity index (χ0v) is 13.8. The first-order valence-electron chi connectivity index (χ1n) is 8.35. The van der Waals surface area contributed by atoms with Gasteiger partial charge in [-0.15, -0.1) is 0 Å². The highest BCUT2D eigenvalue weighted by Crippen LogP contribution is 2.18. The molecule has 6 nitrogen and oxygen atoms in total. The van der Waals surface area contributed by atoms with Crippen molar-refractivity contribution in [3.05, 3.63) is 54.1 Å². The molecule has 1 aliphatic heterocycles. The zero-order chi connectivity index (χ0) is 17.6. The second kappa shape index (κ2) is 7.83. The predicted molar refractivity (Wildman–Crippen MR) is 92.8 cm³/mol. The van der Waals surface area contributed by atoms with E-state index in [2.05, 4.69) is 15.6 Å². The second-order valence-electron chi connectivity index (χ2n) is 6.19. The highest BCUT2D eigenvalue weighted by atomic mass is 19.1. The third kappa shape index (κ3) is 4.59. The van der Waals surface area contributed by atoms with E-state index < -0.39 is 5.82 Å². The molecule has 0 spiro atoms. The number of anilines is 1. The second-order valence-corrected chi connectivity index (χ2v) is 6.19. The van der Waals surface area contributed by atoms with Crippen LogP contribution in [0.2, 0.25) is 0 Å². The number of carbonyl (C=O) groups excluding carboxylic acids is 2. The lowest BCUT2D eigenvalue weighted by molar-refractivity contribution is 0.0670. The van der Waals surface area contributed by atoms with Gasteiger partial charge in [0.2, 0.25) is 0 Å². The molecule has 1 atom stereocenters. The van der Waals surface area contributed by atoms with Crippen molar-refractivity contribution in [1.29, 1.82) is 0 Å². The minimum Gasteiger partial charge on any atom is -0.357 e. The minimum absolute atomic E-state index is 0.0149. The summed E-state index contributed by atoms with van der Waals surface area (Å²) in [7, 11) is 0. The van der Waals surface area contributed by atoms with Crippen LogP contribution in [0.5, 0.6) is 0 Å². The highest BCUT2D eigenvalue weighted by molar-refractivity contribution is 5.92. The Morgan fingerprint density at radius 1 is 1.28 bits per heavy atom. The van der Waals surface area contributed by atoms with Crippen LogP contribution in [0.3, 0.4) is 0 Å². The van der Waals surface area contributed by atoms with Gasteiger partial charge in [-0.2, -0.15) is 0 Å². The molecule has 3 rings (SSSR count). The third-order valence-electron chi connectivity index (χ3n) is 4.27. The van der Waals surface area contributed by atoms with Crippen LogP contribution >= 0.6 is 0 Å². The molecule has 2 aromatic rings. The van der Waals surface area contributed by atoms with Crippen molar-refractivity contribution in [2.75, 3.05) is 25.0 Å². The monoisotopic (exact) mass is 344 g/mol. The lowest BCUT2D eigenvalue weighted by Crippen LogP contribution is -2.44. The van der Waals surface area contributed by atoms with E-state index in [0.29, 0.717) is 24.5 Å². The maximum atomic E-state index is 13.1. The number of nitrogens with zero attached hydrogens (tertiary/aromatic N) is 1. The Hall–Kier alpha value is -2.83. The third-order valence-corrected chi connectivity index (χ3v) is 4.27. The van der Waals surface area contributed by atoms with E-state index in [1.807, 2.05) is 4.90 Å². The molecule has 1 saturated heterocycles. The van der Waals surface area contributed by atoms with Gasteiger partial charge in [0.05, 0.1) is 0 Å². The zero-order valence-electron chi connectivity index (χ0n) is 13.8. The molecule has 3 amide bonds. The molecular weight excluding hydrogens is 323 g/mol. The number of rotatable bonds is 4. The minimum atomic E-state index is -0.399. The number of urea groups is 1. The Morgan fingerprint density at radius 3 is 2.92 bits per heavy atom. The summed E-state index contributed by atoms with van der Waals surface area (Å²) in [5.41, 5.74) is 0.988. The Kier molecular flexibility index (Phi) is 5.33. The first-order chi connectivity index (χ1) is 12.1. The van der Waals surface area contributed by atoms with Crippen molar-refractivity contribution in [2.45, 2.75) is 12.8 Å². The highest BCUT2D eigenvalue weighted by Gasteiger charge is 2.25. The molecule has 25 heavy (non-hydrogen) atoms. The first-order valence-corrected chi connectivity index (χ1v) is 8.35. The number of halogens is 1. The van der Waals surface area contributed by atoms with E-state index in [1.54, 1.807) is 24.4 Å².